The Labute approximate surface area is 99.1 Å². The molecule has 5 heteroatoms. The number of hydrogen-bond acceptors (Lipinski definition) is 1. The van der Waals surface area contributed by atoms with Gasteiger partial charge >= 0.3 is 6.18 Å². The van der Waals surface area contributed by atoms with Gasteiger partial charge < -0.3 is 4.79 Å². The van der Waals surface area contributed by atoms with Gasteiger partial charge in [0, 0.05) is 10.9 Å². The lowest BCUT2D eigenvalue weighted by Crippen LogP contribution is -2.06. The SMILES string of the molecule is O=CCC=Cc1ccc(Br)c(C(F)(F)F)c1. The van der Waals surface area contributed by atoms with Crippen LogP contribution in [-0.4, -0.2) is 6.29 Å². The summed E-state index contributed by atoms with van der Waals surface area (Å²) in [5.74, 6) is 0. The molecule has 86 valence electrons. The molecule has 0 saturated heterocycles. The van der Waals surface area contributed by atoms with Gasteiger partial charge in [0.15, 0.2) is 0 Å². The van der Waals surface area contributed by atoms with Crippen molar-refractivity contribution < 1.29 is 18.0 Å². The van der Waals surface area contributed by atoms with Gasteiger partial charge in [-0.2, -0.15) is 13.2 Å². The van der Waals surface area contributed by atoms with Crippen molar-refractivity contribution in [3.05, 3.63) is 39.9 Å². The zero-order chi connectivity index (χ0) is 12.2. The van der Waals surface area contributed by atoms with E-state index in [0.717, 1.165) is 6.07 Å². The second kappa shape index (κ2) is 5.30. The van der Waals surface area contributed by atoms with E-state index in [-0.39, 0.29) is 10.9 Å². The molecule has 0 aliphatic rings. The second-order valence-corrected chi connectivity index (χ2v) is 3.90. The fourth-order valence-electron chi connectivity index (χ4n) is 1.12. The van der Waals surface area contributed by atoms with E-state index >= 15 is 0 Å². The average Bonchev–Trinajstić information content (AvgIpc) is 2.19. The topological polar surface area (TPSA) is 17.1 Å². The normalized spacial score (nSPS) is 12.0. The third-order valence-corrected chi connectivity index (χ3v) is 2.53. The molecule has 1 aromatic carbocycles. The van der Waals surface area contributed by atoms with Crippen molar-refractivity contribution in [2.75, 3.05) is 0 Å². The Kier molecular flexibility index (Phi) is 4.29. The van der Waals surface area contributed by atoms with Gasteiger partial charge in [0.1, 0.15) is 6.29 Å². The summed E-state index contributed by atoms with van der Waals surface area (Å²) in [5, 5.41) is 0. The first-order chi connectivity index (χ1) is 7.45. The van der Waals surface area contributed by atoms with Crippen LogP contribution in [0.1, 0.15) is 17.5 Å². The molecule has 16 heavy (non-hydrogen) atoms. The minimum absolute atomic E-state index is 0.00698. The van der Waals surface area contributed by atoms with Crippen LogP contribution in [0.4, 0.5) is 13.2 Å². The number of benzene rings is 1. The van der Waals surface area contributed by atoms with E-state index in [2.05, 4.69) is 15.9 Å². The van der Waals surface area contributed by atoms with Crippen LogP contribution in [0.5, 0.6) is 0 Å². The molecule has 1 nitrogen and oxygen atoms in total. The second-order valence-electron chi connectivity index (χ2n) is 3.04. The lowest BCUT2D eigenvalue weighted by Gasteiger charge is -2.09. The molecule has 0 aliphatic heterocycles. The molecule has 0 aliphatic carbocycles. The first kappa shape index (κ1) is 13.0. The van der Waals surface area contributed by atoms with Crippen molar-refractivity contribution in [2.45, 2.75) is 12.6 Å². The zero-order valence-electron chi connectivity index (χ0n) is 8.09. The monoisotopic (exact) mass is 292 g/mol. The molecule has 0 bridgehead atoms. The third kappa shape index (κ3) is 3.48. The van der Waals surface area contributed by atoms with Gasteiger partial charge in [0.05, 0.1) is 5.56 Å². The molecule has 0 unspecified atom stereocenters. The number of alkyl halides is 3. The Morgan fingerprint density at radius 2 is 2.00 bits per heavy atom. The molecule has 0 amide bonds. The molecule has 1 aromatic rings. The van der Waals surface area contributed by atoms with Crippen molar-refractivity contribution in [3.8, 4) is 0 Å². The van der Waals surface area contributed by atoms with Crippen LogP contribution in [0.25, 0.3) is 6.08 Å². The highest BCUT2D eigenvalue weighted by atomic mass is 79.9. The highest BCUT2D eigenvalue weighted by Gasteiger charge is 2.32. The summed E-state index contributed by atoms with van der Waals surface area (Å²) in [6.45, 7) is 0. The largest absolute Gasteiger partial charge is 0.417 e. The molecule has 0 radical (unpaired) electrons. The molecular weight excluding hydrogens is 285 g/mol. The highest BCUT2D eigenvalue weighted by molar-refractivity contribution is 9.10. The summed E-state index contributed by atoms with van der Waals surface area (Å²) in [7, 11) is 0. The molecule has 0 atom stereocenters. The lowest BCUT2D eigenvalue weighted by molar-refractivity contribution is -0.138. The Balaban J connectivity index is 3.03. The number of carbonyl (C=O) groups is 1. The van der Waals surface area contributed by atoms with Crippen molar-refractivity contribution in [2.24, 2.45) is 0 Å². The number of halogens is 4. The average molecular weight is 293 g/mol. The van der Waals surface area contributed by atoms with Gasteiger partial charge in [0.25, 0.3) is 0 Å². The number of allylic oxidation sites excluding steroid dienone is 1. The van der Waals surface area contributed by atoms with E-state index in [9.17, 15) is 18.0 Å². The van der Waals surface area contributed by atoms with Crippen LogP contribution in [0.3, 0.4) is 0 Å². The van der Waals surface area contributed by atoms with Gasteiger partial charge in [-0.15, -0.1) is 0 Å². The number of carbonyl (C=O) groups excluding carboxylic acids is 1. The maximum atomic E-state index is 12.5. The van der Waals surface area contributed by atoms with Gasteiger partial charge in [0.2, 0.25) is 0 Å². The van der Waals surface area contributed by atoms with Crippen LogP contribution >= 0.6 is 15.9 Å². The predicted molar refractivity (Wildman–Crippen MR) is 58.9 cm³/mol. The molecular formula is C11H8BrF3O. The van der Waals surface area contributed by atoms with E-state index in [4.69, 9.17) is 0 Å². The van der Waals surface area contributed by atoms with E-state index < -0.39 is 11.7 Å². The fraction of sp³-hybridized carbons (Fsp3) is 0.182. The maximum absolute atomic E-state index is 12.5. The van der Waals surface area contributed by atoms with E-state index in [1.807, 2.05) is 0 Å². The predicted octanol–water partition coefficient (Wildman–Crippen LogP) is 4.07. The Morgan fingerprint density at radius 3 is 2.56 bits per heavy atom. The van der Waals surface area contributed by atoms with Gasteiger partial charge in [-0.3, -0.25) is 0 Å². The van der Waals surface area contributed by atoms with Gasteiger partial charge in [-0.25, -0.2) is 0 Å². The zero-order valence-corrected chi connectivity index (χ0v) is 9.68. The summed E-state index contributed by atoms with van der Waals surface area (Å²) in [4.78, 5) is 10.0. The maximum Gasteiger partial charge on any atom is 0.417 e. The fourth-order valence-corrected chi connectivity index (χ4v) is 1.59. The van der Waals surface area contributed by atoms with Gasteiger partial charge in [-0.1, -0.05) is 34.1 Å². The van der Waals surface area contributed by atoms with Crippen LogP contribution in [0, 0.1) is 0 Å². The smallest absolute Gasteiger partial charge is 0.303 e. The minimum Gasteiger partial charge on any atom is -0.303 e. The van der Waals surface area contributed by atoms with Crippen LogP contribution < -0.4 is 0 Å². The summed E-state index contributed by atoms with van der Waals surface area (Å²) < 4.78 is 37.5. The van der Waals surface area contributed by atoms with Crippen molar-refractivity contribution >= 4 is 28.3 Å². The summed E-state index contributed by atoms with van der Waals surface area (Å²) in [5.41, 5.74) is -0.307. The van der Waals surface area contributed by atoms with E-state index in [1.165, 1.54) is 18.2 Å². The molecule has 0 aromatic heterocycles. The quantitative estimate of drug-likeness (QED) is 0.768. The Bertz CT molecular complexity index is 410. The number of hydrogen-bond donors (Lipinski definition) is 0. The van der Waals surface area contributed by atoms with E-state index in [1.54, 1.807) is 6.07 Å². The lowest BCUT2D eigenvalue weighted by atomic mass is 10.1. The molecule has 0 spiro atoms. The summed E-state index contributed by atoms with van der Waals surface area (Å²) in [6.07, 6.45) is -0.517. The molecule has 0 fully saturated rings. The number of aldehydes is 1. The first-order valence-electron chi connectivity index (χ1n) is 4.42. The minimum atomic E-state index is -4.38. The molecule has 0 N–H and O–H groups in total. The van der Waals surface area contributed by atoms with Crippen molar-refractivity contribution in [3.63, 3.8) is 0 Å². The molecule has 0 heterocycles. The van der Waals surface area contributed by atoms with Crippen LogP contribution in [-0.2, 0) is 11.0 Å². The number of rotatable bonds is 3. The molecule has 0 saturated carbocycles. The Hall–Kier alpha value is -1.10. The van der Waals surface area contributed by atoms with Gasteiger partial charge in [-0.05, 0) is 17.7 Å². The van der Waals surface area contributed by atoms with Crippen molar-refractivity contribution in [1.29, 1.82) is 0 Å². The molecule has 1 rings (SSSR count). The third-order valence-electron chi connectivity index (χ3n) is 1.84. The standard InChI is InChI=1S/C11H8BrF3O/c12-10-5-4-8(3-1-2-6-16)7-9(10)11(13,14)15/h1,3-7H,2H2. The van der Waals surface area contributed by atoms with E-state index in [0.29, 0.717) is 11.8 Å². The Morgan fingerprint density at radius 1 is 1.31 bits per heavy atom. The first-order valence-corrected chi connectivity index (χ1v) is 5.21. The summed E-state index contributed by atoms with van der Waals surface area (Å²) >= 11 is 2.85. The van der Waals surface area contributed by atoms with Crippen LogP contribution in [0.15, 0.2) is 28.7 Å². The van der Waals surface area contributed by atoms with Crippen LogP contribution in [0.2, 0.25) is 0 Å². The highest BCUT2D eigenvalue weighted by Crippen LogP contribution is 2.35. The summed E-state index contributed by atoms with van der Waals surface area (Å²) in [6, 6.07) is 3.91. The van der Waals surface area contributed by atoms with Crippen molar-refractivity contribution in [1.82, 2.24) is 0 Å².